The summed E-state index contributed by atoms with van der Waals surface area (Å²) >= 11 is 0. The van der Waals surface area contributed by atoms with Crippen LogP contribution in [0.5, 0.6) is 0 Å². The van der Waals surface area contributed by atoms with Crippen molar-refractivity contribution < 1.29 is 28.7 Å². The minimum Gasteiger partial charge on any atom is -0.393 e. The Kier molecular flexibility index (Phi) is 1.60. The number of rotatable bonds is 0. The minimum absolute atomic E-state index is 0.456. The number of ether oxygens (including phenoxy) is 2. The molecule has 0 amide bonds. The van der Waals surface area contributed by atoms with Crippen molar-refractivity contribution in [1.29, 1.82) is 0 Å². The third-order valence-electron chi connectivity index (χ3n) is 4.48. The Morgan fingerprint density at radius 2 is 0.889 bits per heavy atom. The summed E-state index contributed by atoms with van der Waals surface area (Å²) in [6.07, 6.45) is 3.49. The predicted molar refractivity (Wildman–Crippen MR) is 52.3 cm³/mol. The van der Waals surface area contributed by atoms with Crippen LogP contribution in [-0.4, -0.2) is 23.9 Å². The molecular weight excluding hydrogens is 240 g/mol. The highest BCUT2D eigenvalue weighted by Gasteiger charge is 2.67. The van der Waals surface area contributed by atoms with E-state index in [2.05, 4.69) is 9.47 Å². The molecule has 0 aromatic carbocycles. The molecule has 0 spiro atoms. The molecule has 2 bridgehead atoms. The maximum absolute atomic E-state index is 11.7. The van der Waals surface area contributed by atoms with Crippen LogP contribution in [0.1, 0.15) is 0 Å². The summed E-state index contributed by atoms with van der Waals surface area (Å²) in [7, 11) is 0. The molecule has 18 heavy (non-hydrogen) atoms. The van der Waals surface area contributed by atoms with E-state index >= 15 is 0 Å². The SMILES string of the molecule is O=C1OC(=O)C2C1C1C=CC2[C@H]2C(=O)OC(=O)C12. The largest absolute Gasteiger partial charge is 0.393 e. The van der Waals surface area contributed by atoms with Crippen molar-refractivity contribution in [2.24, 2.45) is 35.5 Å². The lowest BCUT2D eigenvalue weighted by Gasteiger charge is -2.42. The summed E-state index contributed by atoms with van der Waals surface area (Å²) in [5.41, 5.74) is 0. The van der Waals surface area contributed by atoms with Gasteiger partial charge in [-0.2, -0.15) is 0 Å². The van der Waals surface area contributed by atoms with E-state index in [1.807, 2.05) is 0 Å². The van der Waals surface area contributed by atoms with Crippen molar-refractivity contribution in [3.8, 4) is 0 Å². The van der Waals surface area contributed by atoms with Gasteiger partial charge >= 0.3 is 23.9 Å². The molecule has 5 aliphatic rings. The van der Waals surface area contributed by atoms with Gasteiger partial charge in [-0.1, -0.05) is 12.2 Å². The number of hydrogen-bond acceptors (Lipinski definition) is 6. The van der Waals surface area contributed by atoms with Gasteiger partial charge in [0, 0.05) is 11.8 Å². The van der Waals surface area contributed by atoms with Crippen LogP contribution < -0.4 is 0 Å². The second-order valence-corrected chi connectivity index (χ2v) is 5.12. The van der Waals surface area contributed by atoms with Crippen LogP contribution in [-0.2, 0) is 28.7 Å². The third-order valence-corrected chi connectivity index (χ3v) is 4.48. The molecule has 92 valence electrons. The third kappa shape index (κ3) is 0.913. The van der Waals surface area contributed by atoms with Crippen LogP contribution >= 0.6 is 0 Å². The van der Waals surface area contributed by atoms with Gasteiger partial charge in [-0.05, 0) is 0 Å². The highest BCUT2D eigenvalue weighted by atomic mass is 16.6. The van der Waals surface area contributed by atoms with Crippen molar-refractivity contribution in [2.75, 3.05) is 0 Å². The zero-order valence-corrected chi connectivity index (χ0v) is 9.07. The Morgan fingerprint density at radius 3 is 1.17 bits per heavy atom. The fourth-order valence-corrected chi connectivity index (χ4v) is 3.83. The summed E-state index contributed by atoms with van der Waals surface area (Å²) < 4.78 is 9.29. The molecule has 0 aromatic rings. The summed E-state index contributed by atoms with van der Waals surface area (Å²) in [6, 6.07) is 0. The van der Waals surface area contributed by atoms with Crippen molar-refractivity contribution >= 4 is 23.9 Å². The maximum Gasteiger partial charge on any atom is 0.318 e. The van der Waals surface area contributed by atoms with Gasteiger partial charge in [-0.15, -0.1) is 0 Å². The van der Waals surface area contributed by atoms with Crippen LogP contribution in [0.15, 0.2) is 12.2 Å². The van der Waals surface area contributed by atoms with E-state index in [9.17, 15) is 19.2 Å². The fourth-order valence-electron chi connectivity index (χ4n) is 3.83. The van der Waals surface area contributed by atoms with Gasteiger partial charge in [0.1, 0.15) is 0 Å². The normalized spacial score (nSPS) is 48.0. The number of carbonyl (C=O) groups is 4. The highest BCUT2D eigenvalue weighted by molar-refractivity contribution is 6.03. The van der Waals surface area contributed by atoms with Crippen molar-refractivity contribution in [1.82, 2.24) is 0 Å². The molecule has 5 rings (SSSR count). The molecule has 2 heterocycles. The standard InChI is InChI=1S/C12H8O6/c13-9-5-3-1-2-4(7(5)11(15)17-9)8-6(3)10(14)18-12(8)16/h1-8H/t3?,4?,5-,6?,7?,8?/m1/s1. The van der Waals surface area contributed by atoms with Gasteiger partial charge < -0.3 is 9.47 Å². The van der Waals surface area contributed by atoms with E-state index in [1.54, 1.807) is 12.2 Å². The molecule has 0 aromatic heterocycles. The Morgan fingerprint density at radius 1 is 0.611 bits per heavy atom. The molecule has 2 aliphatic heterocycles. The summed E-state index contributed by atoms with van der Waals surface area (Å²) in [4.78, 5) is 46.7. The van der Waals surface area contributed by atoms with Gasteiger partial charge in [0.2, 0.25) is 0 Å². The topological polar surface area (TPSA) is 86.7 Å². The summed E-state index contributed by atoms with van der Waals surface area (Å²) in [6.45, 7) is 0. The lowest BCUT2D eigenvalue weighted by Crippen LogP contribution is -2.50. The Bertz CT molecular complexity index is 459. The molecule has 6 atom stereocenters. The molecule has 0 radical (unpaired) electrons. The molecule has 2 saturated heterocycles. The Hall–Kier alpha value is -1.98. The van der Waals surface area contributed by atoms with Gasteiger partial charge in [0.05, 0.1) is 23.7 Å². The quantitative estimate of drug-likeness (QED) is 0.324. The van der Waals surface area contributed by atoms with Crippen molar-refractivity contribution in [3.05, 3.63) is 12.2 Å². The molecule has 6 heteroatoms. The number of esters is 4. The smallest absolute Gasteiger partial charge is 0.318 e. The van der Waals surface area contributed by atoms with Crippen LogP contribution in [0.4, 0.5) is 0 Å². The number of hydrogen-bond donors (Lipinski definition) is 0. The van der Waals surface area contributed by atoms with Gasteiger partial charge in [0.25, 0.3) is 0 Å². The van der Waals surface area contributed by atoms with E-state index in [0.29, 0.717) is 0 Å². The zero-order valence-electron chi connectivity index (χ0n) is 9.07. The Balaban J connectivity index is 1.88. The van der Waals surface area contributed by atoms with Gasteiger partial charge in [-0.25, -0.2) is 0 Å². The van der Waals surface area contributed by atoms with Gasteiger partial charge in [0.15, 0.2) is 0 Å². The van der Waals surface area contributed by atoms with Gasteiger partial charge in [-0.3, -0.25) is 19.2 Å². The predicted octanol–water partition coefficient (Wildman–Crippen LogP) is -0.566. The second kappa shape index (κ2) is 2.88. The molecule has 5 unspecified atom stereocenters. The summed E-state index contributed by atoms with van der Waals surface area (Å²) in [5, 5.41) is 0. The van der Waals surface area contributed by atoms with E-state index in [1.165, 1.54) is 0 Å². The first-order chi connectivity index (χ1) is 8.59. The average Bonchev–Trinajstić information content (AvgIpc) is 2.81. The lowest BCUT2D eigenvalue weighted by atomic mass is 9.54. The first-order valence-electron chi connectivity index (χ1n) is 5.79. The molecule has 3 fully saturated rings. The molecule has 1 saturated carbocycles. The monoisotopic (exact) mass is 248 g/mol. The first kappa shape index (κ1) is 9.99. The Labute approximate surface area is 101 Å². The maximum atomic E-state index is 11.7. The summed E-state index contributed by atoms with van der Waals surface area (Å²) in [5.74, 6) is -5.79. The molecular formula is C12H8O6. The van der Waals surface area contributed by atoms with E-state index in [0.717, 1.165) is 0 Å². The van der Waals surface area contributed by atoms with Crippen LogP contribution in [0, 0.1) is 35.5 Å². The minimum atomic E-state index is -0.632. The number of carbonyl (C=O) groups excluding carboxylic acids is 4. The zero-order chi connectivity index (χ0) is 12.6. The van der Waals surface area contributed by atoms with E-state index < -0.39 is 59.4 Å². The van der Waals surface area contributed by atoms with Crippen LogP contribution in [0.3, 0.4) is 0 Å². The van der Waals surface area contributed by atoms with E-state index in [4.69, 9.17) is 0 Å². The van der Waals surface area contributed by atoms with Crippen molar-refractivity contribution in [2.45, 2.75) is 0 Å². The molecule has 6 nitrogen and oxygen atoms in total. The second-order valence-electron chi connectivity index (χ2n) is 5.12. The van der Waals surface area contributed by atoms with Crippen molar-refractivity contribution in [3.63, 3.8) is 0 Å². The van der Waals surface area contributed by atoms with Crippen LogP contribution in [0.25, 0.3) is 0 Å². The lowest BCUT2D eigenvalue weighted by molar-refractivity contribution is -0.154. The van der Waals surface area contributed by atoms with Crippen LogP contribution in [0.2, 0.25) is 0 Å². The molecule has 3 aliphatic carbocycles. The van der Waals surface area contributed by atoms with E-state index in [-0.39, 0.29) is 0 Å². The first-order valence-corrected chi connectivity index (χ1v) is 5.79. The fraction of sp³-hybridized carbons (Fsp3) is 0.500. The average molecular weight is 248 g/mol. The number of allylic oxidation sites excluding steroid dienone is 2. The highest BCUT2D eigenvalue weighted by Crippen LogP contribution is 2.56. The molecule has 0 N–H and O–H groups in total. The number of cyclic esters (lactones) is 4.